The molecule has 6 nitrogen and oxygen atoms in total. The maximum Gasteiger partial charge on any atom is 0.263 e. The van der Waals surface area contributed by atoms with Gasteiger partial charge in [0, 0.05) is 12.6 Å². The molecule has 2 unspecified atom stereocenters. The Morgan fingerprint density at radius 1 is 1.34 bits per heavy atom. The molecule has 1 aliphatic rings. The fourth-order valence-electron chi connectivity index (χ4n) is 4.01. The molecule has 1 fully saturated rings. The number of thiazole rings is 1. The second kappa shape index (κ2) is 8.80. The molecular weight excluding hydrogens is 386 g/mol. The van der Waals surface area contributed by atoms with Gasteiger partial charge in [-0.1, -0.05) is 12.1 Å². The van der Waals surface area contributed by atoms with Gasteiger partial charge in [-0.05, 0) is 62.2 Å². The Hall–Kier alpha value is -2.64. The molecule has 29 heavy (non-hydrogen) atoms. The summed E-state index contributed by atoms with van der Waals surface area (Å²) in [7, 11) is 3.83. The minimum atomic E-state index is -0.0815. The van der Waals surface area contributed by atoms with E-state index in [1.54, 1.807) is 19.6 Å². The molecule has 1 aliphatic heterocycles. The van der Waals surface area contributed by atoms with Crippen LogP contribution in [0.5, 0.6) is 5.75 Å². The van der Waals surface area contributed by atoms with E-state index in [1.807, 2.05) is 24.3 Å². The summed E-state index contributed by atoms with van der Waals surface area (Å²) in [5.74, 6) is 1.81. The third kappa shape index (κ3) is 4.36. The van der Waals surface area contributed by atoms with E-state index < -0.39 is 0 Å². The second-order valence-electron chi connectivity index (χ2n) is 7.32. The number of amides is 1. The van der Waals surface area contributed by atoms with Gasteiger partial charge in [0.25, 0.3) is 5.91 Å². The van der Waals surface area contributed by atoms with Gasteiger partial charge in [-0.3, -0.25) is 9.69 Å². The first kappa shape index (κ1) is 19.7. The van der Waals surface area contributed by atoms with Crippen LogP contribution in [0.25, 0.3) is 10.8 Å². The van der Waals surface area contributed by atoms with Gasteiger partial charge in [0.15, 0.2) is 10.8 Å². The van der Waals surface area contributed by atoms with E-state index in [9.17, 15) is 4.79 Å². The van der Waals surface area contributed by atoms with Crippen molar-refractivity contribution in [3.63, 3.8) is 0 Å². The summed E-state index contributed by atoms with van der Waals surface area (Å²) >= 11 is 1.35. The normalized spacial score (nSPS) is 19.8. The van der Waals surface area contributed by atoms with Crippen molar-refractivity contribution in [3.05, 3.63) is 59.3 Å². The first-order valence-corrected chi connectivity index (χ1v) is 10.6. The monoisotopic (exact) mass is 411 g/mol. The van der Waals surface area contributed by atoms with Gasteiger partial charge < -0.3 is 14.5 Å². The molecule has 1 amide bonds. The predicted octanol–water partition coefficient (Wildman–Crippen LogP) is 4.22. The summed E-state index contributed by atoms with van der Waals surface area (Å²) < 4.78 is 10.6. The van der Waals surface area contributed by atoms with E-state index in [0.717, 1.165) is 25.1 Å². The average molecular weight is 412 g/mol. The summed E-state index contributed by atoms with van der Waals surface area (Å²) in [4.78, 5) is 20.0. The maximum absolute atomic E-state index is 12.7. The third-order valence-electron chi connectivity index (χ3n) is 5.45. The Labute approximate surface area is 174 Å². The van der Waals surface area contributed by atoms with Gasteiger partial charge in [0.05, 0.1) is 19.6 Å². The number of rotatable bonds is 6. The lowest BCUT2D eigenvalue weighted by Crippen LogP contribution is -2.41. The van der Waals surface area contributed by atoms with Gasteiger partial charge in [0.2, 0.25) is 0 Å². The minimum absolute atomic E-state index is 0.0815. The standard InChI is InChI=1S/C22H25N3O3S/c1-25-11-3-5-16(20(25)15-7-9-17(27-2)10-8-15)13-23-21(26)19-14-24-22(29-19)18-6-4-12-28-18/h4,6-10,12,14,16,20H,3,5,11,13H2,1-2H3,(H,23,26). The smallest absolute Gasteiger partial charge is 0.263 e. The fourth-order valence-corrected chi connectivity index (χ4v) is 4.81. The molecule has 1 N–H and O–H groups in total. The van der Waals surface area contributed by atoms with Gasteiger partial charge in [-0.2, -0.15) is 0 Å². The van der Waals surface area contributed by atoms with E-state index in [-0.39, 0.29) is 11.9 Å². The van der Waals surface area contributed by atoms with E-state index in [1.165, 1.54) is 16.9 Å². The third-order valence-corrected chi connectivity index (χ3v) is 6.46. The Bertz CT molecular complexity index is 937. The van der Waals surface area contributed by atoms with Crippen molar-refractivity contribution in [3.8, 4) is 16.5 Å². The zero-order valence-corrected chi connectivity index (χ0v) is 17.4. The first-order chi connectivity index (χ1) is 14.2. The van der Waals surface area contributed by atoms with E-state index >= 15 is 0 Å². The number of methoxy groups -OCH3 is 1. The summed E-state index contributed by atoms with van der Waals surface area (Å²) in [6, 6.07) is 12.2. The van der Waals surface area contributed by atoms with Crippen LogP contribution in [0.2, 0.25) is 0 Å². The number of carbonyl (C=O) groups excluding carboxylic acids is 1. The Kier molecular flexibility index (Phi) is 5.97. The highest BCUT2D eigenvalue weighted by Crippen LogP contribution is 2.35. The predicted molar refractivity (Wildman–Crippen MR) is 113 cm³/mol. The average Bonchev–Trinajstić information content (AvgIpc) is 3.44. The van der Waals surface area contributed by atoms with Gasteiger partial charge in [-0.25, -0.2) is 4.98 Å². The van der Waals surface area contributed by atoms with Crippen molar-refractivity contribution >= 4 is 17.2 Å². The van der Waals surface area contributed by atoms with Gasteiger partial charge >= 0.3 is 0 Å². The maximum atomic E-state index is 12.7. The zero-order chi connectivity index (χ0) is 20.2. The molecule has 4 rings (SSSR count). The van der Waals surface area contributed by atoms with E-state index in [4.69, 9.17) is 9.15 Å². The van der Waals surface area contributed by atoms with Crippen molar-refractivity contribution < 1.29 is 13.9 Å². The van der Waals surface area contributed by atoms with Crippen LogP contribution in [-0.2, 0) is 0 Å². The van der Waals surface area contributed by atoms with Crippen LogP contribution in [-0.4, -0.2) is 43.0 Å². The summed E-state index contributed by atoms with van der Waals surface area (Å²) in [5.41, 5.74) is 1.25. The molecule has 7 heteroatoms. The summed E-state index contributed by atoms with van der Waals surface area (Å²) in [5, 5.41) is 3.84. The van der Waals surface area contributed by atoms with Crippen molar-refractivity contribution in [1.82, 2.24) is 15.2 Å². The molecule has 0 spiro atoms. The molecule has 3 aromatic rings. The molecule has 2 atom stereocenters. The highest BCUT2D eigenvalue weighted by atomic mass is 32.1. The second-order valence-corrected chi connectivity index (χ2v) is 8.35. The van der Waals surface area contributed by atoms with Crippen LogP contribution >= 0.6 is 11.3 Å². The number of aromatic nitrogens is 1. The number of nitrogens with one attached hydrogen (secondary N) is 1. The molecule has 1 saturated heterocycles. The molecular formula is C22H25N3O3S. The van der Waals surface area contributed by atoms with Crippen molar-refractivity contribution in [2.45, 2.75) is 18.9 Å². The van der Waals surface area contributed by atoms with Crippen LogP contribution in [0.15, 0.2) is 53.3 Å². The van der Waals surface area contributed by atoms with Crippen LogP contribution in [0, 0.1) is 5.92 Å². The highest BCUT2D eigenvalue weighted by molar-refractivity contribution is 7.16. The van der Waals surface area contributed by atoms with Crippen LogP contribution in [0.4, 0.5) is 0 Å². The minimum Gasteiger partial charge on any atom is -0.497 e. The lowest BCUT2D eigenvalue weighted by molar-refractivity contribution is 0.0895. The topological polar surface area (TPSA) is 67.6 Å². The van der Waals surface area contributed by atoms with Crippen molar-refractivity contribution in [2.24, 2.45) is 5.92 Å². The molecule has 0 radical (unpaired) electrons. The number of furan rings is 1. The SMILES string of the molecule is COc1ccc(C2C(CNC(=O)c3cnc(-c4ccco4)s3)CCCN2C)cc1. The number of carbonyl (C=O) groups is 1. The summed E-state index contributed by atoms with van der Waals surface area (Å²) in [6.45, 7) is 1.69. The van der Waals surface area contributed by atoms with E-state index in [2.05, 4.69) is 34.4 Å². The zero-order valence-electron chi connectivity index (χ0n) is 16.6. The molecule has 0 bridgehead atoms. The van der Waals surface area contributed by atoms with Gasteiger partial charge in [-0.15, -0.1) is 11.3 Å². The van der Waals surface area contributed by atoms with Crippen molar-refractivity contribution in [1.29, 1.82) is 0 Å². The van der Waals surface area contributed by atoms with Crippen LogP contribution in [0.1, 0.15) is 34.1 Å². The molecule has 0 aliphatic carbocycles. The number of piperidine rings is 1. The molecule has 0 saturated carbocycles. The molecule has 152 valence electrons. The van der Waals surface area contributed by atoms with Crippen LogP contribution < -0.4 is 10.1 Å². The quantitative estimate of drug-likeness (QED) is 0.658. The number of nitrogens with zero attached hydrogens (tertiary/aromatic N) is 2. The molecule has 2 aromatic heterocycles. The lowest BCUT2D eigenvalue weighted by Gasteiger charge is -2.39. The number of benzene rings is 1. The Morgan fingerprint density at radius 2 is 2.17 bits per heavy atom. The number of likely N-dealkylation sites (tertiary alicyclic amines) is 1. The highest BCUT2D eigenvalue weighted by Gasteiger charge is 2.31. The Balaban J connectivity index is 1.43. The number of hydrogen-bond acceptors (Lipinski definition) is 6. The summed E-state index contributed by atoms with van der Waals surface area (Å²) in [6.07, 6.45) is 5.44. The largest absolute Gasteiger partial charge is 0.497 e. The lowest BCUT2D eigenvalue weighted by atomic mass is 9.85. The molecule has 1 aromatic carbocycles. The van der Waals surface area contributed by atoms with Gasteiger partial charge in [0.1, 0.15) is 10.6 Å². The fraction of sp³-hybridized carbons (Fsp3) is 0.364. The Morgan fingerprint density at radius 3 is 2.90 bits per heavy atom. The number of ether oxygens (including phenoxy) is 1. The van der Waals surface area contributed by atoms with Crippen molar-refractivity contribution in [2.75, 3.05) is 27.2 Å². The number of hydrogen-bond donors (Lipinski definition) is 1. The van der Waals surface area contributed by atoms with Crippen LogP contribution in [0.3, 0.4) is 0 Å². The first-order valence-electron chi connectivity index (χ1n) is 9.78. The van der Waals surface area contributed by atoms with E-state index in [0.29, 0.717) is 28.1 Å². The molecule has 3 heterocycles.